The summed E-state index contributed by atoms with van der Waals surface area (Å²) in [6.45, 7) is 8.71. The first-order chi connectivity index (χ1) is 34.3. The van der Waals surface area contributed by atoms with E-state index in [-0.39, 0.29) is 41.8 Å². The Morgan fingerprint density at radius 3 is 2.21 bits per heavy atom. The summed E-state index contributed by atoms with van der Waals surface area (Å²) < 4.78 is 41.6. The summed E-state index contributed by atoms with van der Waals surface area (Å²) in [4.78, 5) is 72.4. The van der Waals surface area contributed by atoms with E-state index in [1.807, 2.05) is 69.0 Å². The molecule has 11 rings (SSSR count). The molecule has 4 N–H and O–H groups in total. The number of carbonyl (C=O) groups is 4. The Bertz CT molecular complexity index is 3090. The van der Waals surface area contributed by atoms with Crippen molar-refractivity contribution in [1.29, 1.82) is 0 Å². The molecular formula is C53H58FN9O8. The minimum Gasteiger partial charge on any atom is -0.493 e. The van der Waals surface area contributed by atoms with Crippen molar-refractivity contribution in [1.82, 2.24) is 44.9 Å². The minimum atomic E-state index is -0.777. The highest BCUT2D eigenvalue weighted by atomic mass is 19.1. The second-order valence-electron chi connectivity index (χ2n) is 20.1. The van der Waals surface area contributed by atoms with Crippen LogP contribution < -0.4 is 20.1 Å². The van der Waals surface area contributed by atoms with Gasteiger partial charge in [0.05, 0.1) is 73.5 Å². The second-order valence-corrected chi connectivity index (χ2v) is 20.1. The molecule has 6 aromatic rings. The Morgan fingerprint density at radius 1 is 0.789 bits per heavy atom. The number of fused-ring (bicyclic) bond motifs is 7. The molecule has 0 bridgehead atoms. The summed E-state index contributed by atoms with van der Waals surface area (Å²) in [7, 11) is 2.56. The van der Waals surface area contributed by atoms with Crippen molar-refractivity contribution in [3.05, 3.63) is 95.6 Å². The van der Waals surface area contributed by atoms with E-state index in [1.54, 1.807) is 17.3 Å². The van der Waals surface area contributed by atoms with Gasteiger partial charge in [0.1, 0.15) is 41.0 Å². The number of hydrogen-bond donors (Lipinski definition) is 4. The lowest BCUT2D eigenvalue weighted by Gasteiger charge is -2.32. The molecule has 0 spiro atoms. The summed E-state index contributed by atoms with van der Waals surface area (Å²) in [5, 5.41) is 6.30. The molecule has 2 saturated heterocycles. The Balaban J connectivity index is 0.924. The third kappa shape index (κ3) is 8.19. The van der Waals surface area contributed by atoms with E-state index in [1.165, 1.54) is 20.3 Å². The van der Waals surface area contributed by atoms with E-state index in [4.69, 9.17) is 28.9 Å². The number of imidazole rings is 2. The van der Waals surface area contributed by atoms with Gasteiger partial charge in [-0.25, -0.2) is 23.9 Å². The average molecular weight is 968 g/mol. The fourth-order valence-electron chi connectivity index (χ4n) is 11.2. The number of alkyl carbamates (subject to hydrolysis) is 2. The maximum Gasteiger partial charge on any atom is 0.407 e. The van der Waals surface area contributed by atoms with Gasteiger partial charge in [-0.3, -0.25) is 9.59 Å². The zero-order valence-electron chi connectivity index (χ0n) is 40.6. The van der Waals surface area contributed by atoms with Gasteiger partial charge in [-0.2, -0.15) is 0 Å². The molecule has 17 nitrogen and oxygen atoms in total. The molecule has 7 atom stereocenters. The van der Waals surface area contributed by atoms with E-state index in [2.05, 4.69) is 37.3 Å². The Hall–Kier alpha value is -7.37. The number of nitrogens with zero attached hydrogens (tertiary/aromatic N) is 5. The minimum absolute atomic E-state index is 0.0990. The van der Waals surface area contributed by atoms with Crippen molar-refractivity contribution >= 4 is 34.9 Å². The first kappa shape index (κ1) is 46.0. The van der Waals surface area contributed by atoms with Crippen molar-refractivity contribution in [2.75, 3.05) is 27.4 Å². The Labute approximate surface area is 409 Å². The fourth-order valence-corrected chi connectivity index (χ4v) is 11.2. The van der Waals surface area contributed by atoms with Crippen LogP contribution in [0.3, 0.4) is 0 Å². The number of aromatic nitrogens is 5. The predicted molar refractivity (Wildman–Crippen MR) is 260 cm³/mol. The zero-order chi connectivity index (χ0) is 49.4. The van der Waals surface area contributed by atoms with Gasteiger partial charge >= 0.3 is 12.2 Å². The highest BCUT2D eigenvalue weighted by Crippen LogP contribution is 2.54. The summed E-state index contributed by atoms with van der Waals surface area (Å²) in [5.74, 6) is 1.67. The number of likely N-dealkylation sites (tertiary alicyclic amines) is 2. The first-order valence-corrected chi connectivity index (χ1v) is 24.6. The van der Waals surface area contributed by atoms with Crippen LogP contribution in [0.15, 0.2) is 67.0 Å². The van der Waals surface area contributed by atoms with Crippen LogP contribution in [-0.4, -0.2) is 104 Å². The topological polar surface area (TPSA) is 198 Å². The largest absolute Gasteiger partial charge is 0.493 e. The number of nitrogens with one attached hydrogen (secondary N) is 4. The average Bonchev–Trinajstić information content (AvgIpc) is 4.03. The molecule has 71 heavy (non-hydrogen) atoms. The number of ether oxygens (including phenoxy) is 4. The molecule has 7 heterocycles. The number of aromatic amines is 2. The number of aryl methyl sites for hydroxylation is 1. The first-order valence-electron chi connectivity index (χ1n) is 24.6. The maximum absolute atomic E-state index is 17.0. The van der Waals surface area contributed by atoms with Crippen LogP contribution in [0.2, 0.25) is 0 Å². The SMILES string of the molecule is COC(=O)NC(C(=O)N1CCC[C@H]1c1ncc(-c2cc(F)c3c(c2)OC(c2ccc4c(c2)CCCO4)n2c-3cc3cc(-c4cnc([C@@H]5C[C@H]6C[C@H]6N5C(=O)C(NC(=O)OC)C(C)C)[nH]4)ccc32)[nH]1)C(C)C. The van der Waals surface area contributed by atoms with Crippen molar-refractivity contribution < 1.29 is 42.5 Å². The third-order valence-electron chi connectivity index (χ3n) is 15.0. The number of methoxy groups -OCH3 is 2. The van der Waals surface area contributed by atoms with Crippen LogP contribution in [0.4, 0.5) is 14.0 Å². The summed E-state index contributed by atoms with van der Waals surface area (Å²) >= 11 is 0. The number of carbonyl (C=O) groups excluding carboxylic acids is 4. The van der Waals surface area contributed by atoms with E-state index in [0.29, 0.717) is 65.4 Å². The molecule has 0 radical (unpaired) electrons. The number of H-pyrrole nitrogens is 2. The molecule has 18 heteroatoms. The standard InChI is InChI=1S/C53H58FN9O8/c1-26(2)45(59-52(66)68-5)49(64)61-15-7-10-38(61)47-55-25-36(58-47)31-19-34(54)44-40-21-32-17-28(11-13-37(32)63(40)51(71-43(44)23-31)30-12-14-42-29(18-30)9-8-16-70-42)35-24-56-48(57-35)41-22-33-20-39(33)62(41)50(65)46(27(3)4)60-53(67)69-6/h11-14,17-19,21,23-27,33,38-39,41,45-46,51H,7-10,15-16,20,22H2,1-6H3,(H,55,58)(H,56,57)(H,59,66)(H,60,67)/t33-,38+,39-,41+,45?,46?,51?/m1/s1. The lowest BCUT2D eigenvalue weighted by atomic mass is 10.00. The molecule has 370 valence electrons. The summed E-state index contributed by atoms with van der Waals surface area (Å²) in [6.07, 6.45) is 6.36. The molecule has 1 aliphatic carbocycles. The highest BCUT2D eigenvalue weighted by Gasteiger charge is 2.56. The number of piperidine rings is 1. The number of benzene rings is 3. The van der Waals surface area contributed by atoms with Gasteiger partial charge in [-0.1, -0.05) is 33.8 Å². The number of halogens is 1. The maximum atomic E-state index is 17.0. The fraction of sp³-hybridized carbons (Fsp3) is 0.434. The summed E-state index contributed by atoms with van der Waals surface area (Å²) in [6, 6.07) is 15.5. The van der Waals surface area contributed by atoms with Gasteiger partial charge in [0.2, 0.25) is 18.0 Å². The van der Waals surface area contributed by atoms with Crippen LogP contribution in [0.5, 0.6) is 11.5 Å². The third-order valence-corrected chi connectivity index (χ3v) is 15.0. The molecule has 4 amide bonds. The van der Waals surface area contributed by atoms with Crippen molar-refractivity contribution in [2.24, 2.45) is 17.8 Å². The van der Waals surface area contributed by atoms with E-state index in [9.17, 15) is 19.2 Å². The number of hydrogen-bond acceptors (Lipinski definition) is 10. The van der Waals surface area contributed by atoms with Crippen LogP contribution in [-0.2, 0) is 25.5 Å². The van der Waals surface area contributed by atoms with E-state index >= 15 is 4.39 Å². The van der Waals surface area contributed by atoms with Gasteiger partial charge in [0, 0.05) is 34.7 Å². The van der Waals surface area contributed by atoms with Gasteiger partial charge in [-0.05, 0) is 110 Å². The smallest absolute Gasteiger partial charge is 0.407 e. The Kier molecular flexibility index (Phi) is 11.7. The molecule has 3 fully saturated rings. The molecule has 3 aromatic carbocycles. The van der Waals surface area contributed by atoms with E-state index < -0.39 is 36.3 Å². The van der Waals surface area contributed by atoms with Crippen molar-refractivity contribution in [3.63, 3.8) is 0 Å². The molecule has 5 aliphatic rings. The monoisotopic (exact) mass is 967 g/mol. The highest BCUT2D eigenvalue weighted by molar-refractivity contribution is 5.93. The second kappa shape index (κ2) is 18.1. The lowest BCUT2D eigenvalue weighted by Crippen LogP contribution is -2.52. The van der Waals surface area contributed by atoms with Crippen molar-refractivity contribution in [2.45, 2.75) is 103 Å². The van der Waals surface area contributed by atoms with Gasteiger partial charge in [-0.15, -0.1) is 0 Å². The van der Waals surface area contributed by atoms with Crippen LogP contribution in [0, 0.1) is 23.6 Å². The summed E-state index contributed by atoms with van der Waals surface area (Å²) in [5.41, 5.74) is 6.52. The number of rotatable bonds is 11. The van der Waals surface area contributed by atoms with Gasteiger partial charge < -0.3 is 53.9 Å². The number of amides is 4. The molecule has 3 unspecified atom stereocenters. The van der Waals surface area contributed by atoms with Gasteiger partial charge in [0.25, 0.3) is 0 Å². The lowest BCUT2D eigenvalue weighted by molar-refractivity contribution is -0.137. The molecule has 4 aliphatic heterocycles. The normalized spacial score (nSPS) is 21.7. The zero-order valence-corrected chi connectivity index (χ0v) is 40.6. The predicted octanol–water partition coefficient (Wildman–Crippen LogP) is 8.58. The van der Waals surface area contributed by atoms with E-state index in [0.717, 1.165) is 71.1 Å². The molecular weight excluding hydrogens is 910 g/mol. The van der Waals surface area contributed by atoms with Gasteiger partial charge in [0.15, 0.2) is 0 Å². The molecule has 3 aromatic heterocycles. The van der Waals surface area contributed by atoms with Crippen molar-refractivity contribution in [3.8, 4) is 45.3 Å². The van der Waals surface area contributed by atoms with Crippen LogP contribution in [0.25, 0.3) is 44.7 Å². The van der Waals surface area contributed by atoms with Crippen LogP contribution >= 0.6 is 0 Å². The quantitative estimate of drug-likeness (QED) is 0.0976. The van der Waals surface area contributed by atoms with Crippen LogP contribution in [0.1, 0.15) is 101 Å². The molecule has 1 saturated carbocycles. The Morgan fingerprint density at radius 2 is 1.49 bits per heavy atom.